The molecule has 0 aromatic heterocycles. The topological polar surface area (TPSA) is 65.0 Å². The van der Waals surface area contributed by atoms with E-state index >= 15 is 0 Å². The molecular weight excluding hydrogens is 200 g/mol. The van der Waals surface area contributed by atoms with Crippen molar-refractivity contribution in [3.63, 3.8) is 0 Å². The summed E-state index contributed by atoms with van der Waals surface area (Å²) >= 11 is 0. The molecule has 0 atom stereocenters. The summed E-state index contributed by atoms with van der Waals surface area (Å²) in [5.74, 6) is 1.07. The molecule has 0 fully saturated rings. The monoisotopic (exact) mass is 212 g/mol. The van der Waals surface area contributed by atoms with Gasteiger partial charge in [0.15, 0.2) is 11.5 Å². The number of hydrogen-bond donors (Lipinski definition) is 1. The van der Waals surface area contributed by atoms with E-state index < -0.39 is 6.16 Å². The Kier molecular flexibility index (Phi) is 3.79. The maximum absolute atomic E-state index is 10.3. The van der Waals surface area contributed by atoms with Gasteiger partial charge in [0.1, 0.15) is 5.75 Å². The molecule has 15 heavy (non-hydrogen) atoms. The van der Waals surface area contributed by atoms with Crippen molar-refractivity contribution < 1.29 is 24.1 Å². The highest BCUT2D eigenvalue weighted by Gasteiger charge is 2.09. The van der Waals surface area contributed by atoms with Crippen molar-refractivity contribution >= 4 is 6.16 Å². The summed E-state index contributed by atoms with van der Waals surface area (Å²) in [6.07, 6.45) is -1.38. The molecular formula is C10H12O5. The van der Waals surface area contributed by atoms with Crippen molar-refractivity contribution in [1.82, 2.24) is 0 Å². The quantitative estimate of drug-likeness (QED) is 0.611. The van der Waals surface area contributed by atoms with Crippen LogP contribution in [0.1, 0.15) is 6.92 Å². The van der Waals surface area contributed by atoms with Crippen LogP contribution in [0.25, 0.3) is 0 Å². The Morgan fingerprint density at radius 2 is 2.13 bits per heavy atom. The fraction of sp³-hybridized carbons (Fsp3) is 0.300. The average molecular weight is 212 g/mol. The molecule has 0 aliphatic rings. The maximum atomic E-state index is 10.3. The molecule has 1 aromatic rings. The van der Waals surface area contributed by atoms with E-state index in [4.69, 9.17) is 14.6 Å². The molecule has 5 heteroatoms. The van der Waals surface area contributed by atoms with Gasteiger partial charge in [0.05, 0.1) is 13.7 Å². The average Bonchev–Trinajstić information content (AvgIpc) is 2.20. The molecule has 0 heterocycles. The lowest BCUT2D eigenvalue weighted by atomic mass is 10.3. The third-order valence-electron chi connectivity index (χ3n) is 1.64. The number of benzene rings is 1. The summed E-state index contributed by atoms with van der Waals surface area (Å²) in [5, 5.41) is 8.45. The zero-order chi connectivity index (χ0) is 11.3. The van der Waals surface area contributed by atoms with Gasteiger partial charge in [0.25, 0.3) is 0 Å². The van der Waals surface area contributed by atoms with Gasteiger partial charge in [-0.25, -0.2) is 4.79 Å². The van der Waals surface area contributed by atoms with Gasteiger partial charge in [-0.3, -0.25) is 0 Å². The minimum atomic E-state index is -1.38. The van der Waals surface area contributed by atoms with E-state index in [1.165, 1.54) is 13.2 Å². The SMILES string of the molecule is CCOc1ccc(OC(=O)O)c(OC)c1. The highest BCUT2D eigenvalue weighted by atomic mass is 16.7. The van der Waals surface area contributed by atoms with Gasteiger partial charge in [-0.15, -0.1) is 0 Å². The van der Waals surface area contributed by atoms with E-state index in [0.29, 0.717) is 18.1 Å². The molecule has 0 aliphatic heterocycles. The Bertz CT molecular complexity index is 348. The maximum Gasteiger partial charge on any atom is 0.511 e. The molecule has 1 N–H and O–H groups in total. The van der Waals surface area contributed by atoms with Crippen LogP contribution >= 0.6 is 0 Å². The molecule has 0 unspecified atom stereocenters. The fourth-order valence-corrected chi connectivity index (χ4v) is 1.08. The van der Waals surface area contributed by atoms with Crippen LogP contribution in [0.5, 0.6) is 17.2 Å². The Hall–Kier alpha value is -1.91. The zero-order valence-electron chi connectivity index (χ0n) is 8.52. The first-order chi connectivity index (χ1) is 7.17. The first-order valence-electron chi connectivity index (χ1n) is 4.39. The summed E-state index contributed by atoms with van der Waals surface area (Å²) in [4.78, 5) is 10.3. The second-order valence-corrected chi connectivity index (χ2v) is 2.61. The summed E-state index contributed by atoms with van der Waals surface area (Å²) in [7, 11) is 1.43. The summed E-state index contributed by atoms with van der Waals surface area (Å²) in [6.45, 7) is 2.39. The van der Waals surface area contributed by atoms with Gasteiger partial charge in [0.2, 0.25) is 0 Å². The van der Waals surface area contributed by atoms with Crippen molar-refractivity contribution in [2.45, 2.75) is 6.92 Å². The highest BCUT2D eigenvalue weighted by molar-refractivity contribution is 5.63. The molecule has 0 bridgehead atoms. The van der Waals surface area contributed by atoms with E-state index in [0.717, 1.165) is 0 Å². The third kappa shape index (κ3) is 3.05. The van der Waals surface area contributed by atoms with Crippen molar-refractivity contribution in [3.05, 3.63) is 18.2 Å². The molecule has 0 amide bonds. The van der Waals surface area contributed by atoms with Gasteiger partial charge in [-0.2, -0.15) is 0 Å². The summed E-state index contributed by atoms with van der Waals surface area (Å²) < 4.78 is 14.7. The largest absolute Gasteiger partial charge is 0.511 e. The second kappa shape index (κ2) is 5.09. The predicted molar refractivity (Wildman–Crippen MR) is 52.8 cm³/mol. The minimum Gasteiger partial charge on any atom is -0.494 e. The molecule has 0 radical (unpaired) electrons. The Morgan fingerprint density at radius 1 is 1.40 bits per heavy atom. The van der Waals surface area contributed by atoms with Gasteiger partial charge < -0.3 is 19.3 Å². The van der Waals surface area contributed by atoms with Gasteiger partial charge in [-0.1, -0.05) is 0 Å². The molecule has 0 aliphatic carbocycles. The highest BCUT2D eigenvalue weighted by Crippen LogP contribution is 2.31. The van der Waals surface area contributed by atoms with Crippen molar-refractivity contribution in [2.75, 3.05) is 13.7 Å². The van der Waals surface area contributed by atoms with Gasteiger partial charge >= 0.3 is 6.16 Å². The normalized spacial score (nSPS) is 9.47. The lowest BCUT2D eigenvalue weighted by Crippen LogP contribution is -2.04. The number of methoxy groups -OCH3 is 1. The van der Waals surface area contributed by atoms with Crippen LogP contribution in [0.3, 0.4) is 0 Å². The van der Waals surface area contributed by atoms with E-state index in [1.807, 2.05) is 6.92 Å². The molecule has 1 rings (SSSR count). The van der Waals surface area contributed by atoms with Crippen molar-refractivity contribution in [2.24, 2.45) is 0 Å². The number of ether oxygens (including phenoxy) is 3. The fourth-order valence-electron chi connectivity index (χ4n) is 1.08. The molecule has 0 saturated carbocycles. The Balaban J connectivity index is 2.92. The molecule has 5 nitrogen and oxygen atoms in total. The second-order valence-electron chi connectivity index (χ2n) is 2.61. The number of rotatable bonds is 4. The summed E-state index contributed by atoms with van der Waals surface area (Å²) in [6, 6.07) is 4.67. The zero-order valence-corrected chi connectivity index (χ0v) is 8.52. The molecule has 1 aromatic carbocycles. The van der Waals surface area contributed by atoms with Crippen LogP contribution in [-0.4, -0.2) is 25.0 Å². The van der Waals surface area contributed by atoms with Crippen LogP contribution in [0.4, 0.5) is 4.79 Å². The van der Waals surface area contributed by atoms with Gasteiger partial charge in [0, 0.05) is 6.07 Å². The number of carbonyl (C=O) groups is 1. The van der Waals surface area contributed by atoms with Crippen LogP contribution in [0.15, 0.2) is 18.2 Å². The van der Waals surface area contributed by atoms with Crippen molar-refractivity contribution in [1.29, 1.82) is 0 Å². The first-order valence-corrected chi connectivity index (χ1v) is 4.39. The smallest absolute Gasteiger partial charge is 0.494 e. The molecule has 0 saturated heterocycles. The predicted octanol–water partition coefficient (Wildman–Crippen LogP) is 2.15. The van der Waals surface area contributed by atoms with Crippen LogP contribution < -0.4 is 14.2 Å². The molecule has 0 spiro atoms. The number of hydrogen-bond acceptors (Lipinski definition) is 4. The third-order valence-corrected chi connectivity index (χ3v) is 1.64. The summed E-state index contributed by atoms with van der Waals surface area (Å²) in [5.41, 5.74) is 0. The first kappa shape index (κ1) is 11.2. The van der Waals surface area contributed by atoms with Crippen LogP contribution in [-0.2, 0) is 0 Å². The van der Waals surface area contributed by atoms with E-state index in [1.54, 1.807) is 12.1 Å². The van der Waals surface area contributed by atoms with E-state index in [9.17, 15) is 4.79 Å². The van der Waals surface area contributed by atoms with E-state index in [-0.39, 0.29) is 5.75 Å². The number of carboxylic acid groups (broad SMARTS) is 1. The standard InChI is InChI=1S/C10H12O5/c1-3-14-7-4-5-8(15-10(11)12)9(6-7)13-2/h4-6H,3H2,1-2H3,(H,11,12). The van der Waals surface area contributed by atoms with Crippen molar-refractivity contribution in [3.8, 4) is 17.2 Å². The Labute approximate surface area is 87.2 Å². The lowest BCUT2D eigenvalue weighted by Gasteiger charge is -2.09. The van der Waals surface area contributed by atoms with Crippen LogP contribution in [0.2, 0.25) is 0 Å². The van der Waals surface area contributed by atoms with Gasteiger partial charge in [-0.05, 0) is 19.1 Å². The Morgan fingerprint density at radius 3 is 2.67 bits per heavy atom. The van der Waals surface area contributed by atoms with E-state index in [2.05, 4.69) is 4.74 Å². The molecule has 82 valence electrons. The lowest BCUT2D eigenvalue weighted by molar-refractivity contribution is 0.142. The minimum absolute atomic E-state index is 0.147. The van der Waals surface area contributed by atoms with Crippen LogP contribution in [0, 0.1) is 0 Å².